The molecule has 1 aliphatic carbocycles. The number of carboxylic acid groups (broad SMARTS) is 1. The fourth-order valence-corrected chi connectivity index (χ4v) is 15.2. The zero-order valence-corrected chi connectivity index (χ0v) is 72.7. The fourth-order valence-electron chi connectivity index (χ4n) is 15.1. The molecule has 8 aromatic rings. The molecular weight excluding hydrogens is 1620 g/mol. The number of benzene rings is 6. The fraction of sp³-hybridized carbons (Fsp3) is 0.413. The number of carboxylic acids is 1. The zero-order chi connectivity index (χ0) is 90.5. The molecule has 7 N–H and O–H groups in total. The van der Waals surface area contributed by atoms with Crippen LogP contribution in [0.1, 0.15) is 150 Å². The molecule has 28 nitrogen and oxygen atoms in total. The number of quaternary nitrogens is 1. The standard InChI is InChI=1S/C90H109ClN12O14.C2HF3O2/c1-57(2)83(97-81(105)37-41-113-43-45-115-46-44-114-42-38-82(106)117-90(5,6)7)85(108)96-78(28-19-39-94-88(93)111)84(107)95-65-31-29-62(63(47-65)53-98(8)89(112)116-56-77-72-26-17-15-24-70(72)71-25-16-18-27-73(71)77)55-103(11,12)40-20-23-67-48-60-21-13-14-22-61(60)54-101(67)86(109)74-36-30-64(91)49-76(74)80-51-75(58(3)100(80)10)87(110)102(66-32-34-69(104)35-33-66)79-50-68(52-92)99(9)59(79)4;3-2(4,5)1(6)7/h13-18,21-22,24-27,29-36,47,49-51,57,67,77-78,83H,19-20,23,28,37-46,48,53-56H2,1-12H3,(H6-,93,94,95,96,97,104,105,107,108,111);(H,6,7)/t67-,78+,83+;/m1./s1. The van der Waals surface area contributed by atoms with Gasteiger partial charge in [0.2, 0.25) is 17.7 Å². The van der Waals surface area contributed by atoms with Crippen molar-refractivity contribution in [3.8, 4) is 34.2 Å². The molecule has 0 saturated heterocycles. The average Bonchev–Trinajstić information content (AvgIpc) is 1.59. The number of aliphatic carboxylic acids is 1. The van der Waals surface area contributed by atoms with Crippen molar-refractivity contribution < 1.29 is 94.7 Å². The summed E-state index contributed by atoms with van der Waals surface area (Å²) in [6.45, 7) is 15.5. The van der Waals surface area contributed by atoms with Gasteiger partial charge in [0.05, 0.1) is 78.0 Å². The Kier molecular flexibility index (Phi) is 33.4. The van der Waals surface area contributed by atoms with Crippen LogP contribution < -0.4 is 37.0 Å². The van der Waals surface area contributed by atoms with E-state index in [2.05, 4.69) is 77.8 Å². The minimum Gasteiger partial charge on any atom is -0.542 e. The minimum absolute atomic E-state index is 0.0195. The number of hydrogen-bond donors (Lipinski definition) is 6. The summed E-state index contributed by atoms with van der Waals surface area (Å²) in [5, 5.41) is 40.8. The first-order valence-electron chi connectivity index (χ1n) is 40.9. The van der Waals surface area contributed by atoms with E-state index in [1.165, 1.54) is 21.9 Å². The summed E-state index contributed by atoms with van der Waals surface area (Å²) in [6, 6.07) is 43.8. The lowest BCUT2D eigenvalue weighted by atomic mass is 9.90. The number of urea groups is 1. The topological polar surface area (TPSA) is 361 Å². The van der Waals surface area contributed by atoms with Gasteiger partial charge in [-0.2, -0.15) is 18.4 Å². The van der Waals surface area contributed by atoms with Crippen LogP contribution in [0, 0.1) is 31.1 Å². The summed E-state index contributed by atoms with van der Waals surface area (Å²) < 4.78 is 63.7. The maximum Gasteiger partial charge on any atom is 0.430 e. The third-order valence-corrected chi connectivity index (χ3v) is 21.9. The van der Waals surface area contributed by atoms with Gasteiger partial charge in [-0.05, 0) is 178 Å². The van der Waals surface area contributed by atoms with Gasteiger partial charge in [0.25, 0.3) is 11.8 Å². The van der Waals surface area contributed by atoms with Crippen molar-refractivity contribution in [1.82, 2.24) is 34.9 Å². The largest absolute Gasteiger partial charge is 0.542 e. The van der Waals surface area contributed by atoms with E-state index in [1.54, 1.807) is 102 Å². The highest BCUT2D eigenvalue weighted by atomic mass is 35.5. The first-order chi connectivity index (χ1) is 58.7. The normalized spacial score (nSPS) is 13.5. The van der Waals surface area contributed by atoms with Crippen LogP contribution in [0.2, 0.25) is 5.02 Å². The first kappa shape index (κ1) is 95.8. The van der Waals surface area contributed by atoms with Crippen molar-refractivity contribution in [3.63, 3.8) is 0 Å². The van der Waals surface area contributed by atoms with Gasteiger partial charge in [-0.1, -0.05) is 104 Å². The van der Waals surface area contributed by atoms with Gasteiger partial charge in [-0.3, -0.25) is 33.7 Å². The third kappa shape index (κ3) is 26.0. The lowest BCUT2D eigenvalue weighted by Crippen LogP contribution is -2.54. The van der Waals surface area contributed by atoms with Crippen LogP contribution >= 0.6 is 11.6 Å². The number of hydrogen-bond acceptors (Lipinski definition) is 17. The molecular formula is C92H110ClF3N12O16. The number of fused-ring (bicyclic) bond motifs is 4. The second kappa shape index (κ2) is 43.3. The van der Waals surface area contributed by atoms with Crippen LogP contribution in [0.5, 0.6) is 5.75 Å². The molecule has 6 aromatic carbocycles. The number of halogens is 4. The number of anilines is 3. The Bertz CT molecular complexity index is 5140. The molecule has 0 radical (unpaired) electrons. The molecule has 0 bridgehead atoms. The number of alkyl halides is 3. The Labute approximate surface area is 725 Å². The molecule has 1 aliphatic heterocycles. The van der Waals surface area contributed by atoms with Gasteiger partial charge < -0.3 is 89.1 Å². The Morgan fingerprint density at radius 3 is 1.94 bits per heavy atom. The number of nitriles is 1. The molecule has 0 saturated carbocycles. The predicted octanol–water partition coefficient (Wildman–Crippen LogP) is 12.3. The van der Waals surface area contributed by atoms with E-state index in [-0.39, 0.29) is 115 Å². The number of rotatable bonds is 37. The number of nitrogens with two attached hydrogens (primary N) is 1. The number of nitrogens with one attached hydrogen (secondary N) is 4. The van der Waals surface area contributed by atoms with Crippen molar-refractivity contribution in [2.24, 2.45) is 25.7 Å². The molecule has 32 heteroatoms. The summed E-state index contributed by atoms with van der Waals surface area (Å²) in [5.74, 6) is -6.17. The van der Waals surface area contributed by atoms with Gasteiger partial charge in [-0.15, -0.1) is 0 Å². The second-order valence-corrected chi connectivity index (χ2v) is 33.2. The van der Waals surface area contributed by atoms with Crippen molar-refractivity contribution in [2.45, 2.75) is 149 Å². The Morgan fingerprint density at radius 2 is 1.34 bits per heavy atom. The van der Waals surface area contributed by atoms with E-state index in [9.17, 15) is 52.3 Å². The maximum atomic E-state index is 15.7. The summed E-state index contributed by atoms with van der Waals surface area (Å²) in [7, 11) is 9.52. The van der Waals surface area contributed by atoms with Gasteiger partial charge in [0, 0.05) is 109 Å². The lowest BCUT2D eigenvalue weighted by molar-refractivity contribution is -0.903. The van der Waals surface area contributed by atoms with E-state index >= 15 is 9.59 Å². The lowest BCUT2D eigenvalue weighted by Gasteiger charge is -2.38. The zero-order valence-electron chi connectivity index (χ0n) is 72.0. The van der Waals surface area contributed by atoms with Crippen molar-refractivity contribution in [2.75, 3.05) is 90.7 Å². The molecule has 124 heavy (non-hydrogen) atoms. The Hall–Kier alpha value is -12.1. The molecule has 2 aliphatic rings. The van der Waals surface area contributed by atoms with E-state index in [4.69, 9.17) is 50.9 Å². The predicted molar refractivity (Wildman–Crippen MR) is 459 cm³/mol. The number of carbonyl (C=O) groups is 9. The van der Waals surface area contributed by atoms with Crippen LogP contribution in [-0.4, -0.2) is 193 Å². The van der Waals surface area contributed by atoms with E-state index in [1.807, 2.05) is 78.9 Å². The van der Waals surface area contributed by atoms with Crippen LogP contribution in [-0.2, 0) is 87.8 Å². The minimum atomic E-state index is -5.19. The number of amides is 8. The number of carbonyl (C=O) groups excluding carboxylic acids is 9. The number of primary amides is 1. The molecule has 0 fully saturated rings. The highest BCUT2D eigenvalue weighted by molar-refractivity contribution is 6.31. The number of ether oxygens (including phenoxy) is 5. The van der Waals surface area contributed by atoms with Crippen LogP contribution in [0.4, 0.5) is 39.8 Å². The van der Waals surface area contributed by atoms with Gasteiger partial charge in [0.15, 0.2) is 0 Å². The van der Waals surface area contributed by atoms with Gasteiger partial charge >= 0.3 is 24.3 Å². The van der Waals surface area contributed by atoms with E-state index in [0.29, 0.717) is 110 Å². The monoisotopic (exact) mass is 1730 g/mol. The van der Waals surface area contributed by atoms with Crippen LogP contribution in [0.15, 0.2) is 146 Å². The van der Waals surface area contributed by atoms with Crippen molar-refractivity contribution in [3.05, 3.63) is 212 Å². The number of phenolic OH excluding ortho intramolecular Hbond substituents is 1. The molecule has 3 atom stereocenters. The number of aromatic nitrogens is 2. The third-order valence-electron chi connectivity index (χ3n) is 21.7. The Balaban J connectivity index is 0.00000238. The number of esters is 1. The quantitative estimate of drug-likeness (QED) is 0.0120. The van der Waals surface area contributed by atoms with Crippen LogP contribution in [0.3, 0.4) is 0 Å². The summed E-state index contributed by atoms with van der Waals surface area (Å²) in [6.07, 6.45) is -3.48. The molecule has 0 spiro atoms. The van der Waals surface area contributed by atoms with Crippen molar-refractivity contribution in [1.29, 1.82) is 5.26 Å². The SMILES string of the molecule is Cc1c(N(C(=O)c2cc(-c3cc(Cl)ccc3C(=O)N3Cc4ccccc4C[C@H]3CCC[N+](C)(C)Cc3ccc(NC(=O)[C@H](CCCNC(N)=O)NC(=O)[C@@H](NC(=O)CCOCCOCCOCCC(=O)OC(C)(C)C)C(C)C)cc3CN(C)C(=O)OCC3c4ccccc4-c4ccccc43)n(C)c2C)c2ccc(O)cc2)cc(C#N)n1C.O=C([O-])C(F)(F)F. The molecule has 8 amide bonds. The number of aromatic hydroxyl groups is 1. The second-order valence-electron chi connectivity index (χ2n) is 32.8. The first-order valence-corrected chi connectivity index (χ1v) is 41.3. The molecule has 10 rings (SSSR count). The van der Waals surface area contributed by atoms with E-state index in [0.717, 1.165) is 38.9 Å². The van der Waals surface area contributed by atoms with E-state index < -0.39 is 71.5 Å². The summed E-state index contributed by atoms with van der Waals surface area (Å²) in [5.41, 5.74) is 17.7. The van der Waals surface area contributed by atoms with Gasteiger partial charge in [-0.25, -0.2) is 9.59 Å². The summed E-state index contributed by atoms with van der Waals surface area (Å²) in [4.78, 5) is 125. The number of phenols is 1. The highest BCUT2D eigenvalue weighted by Gasteiger charge is 2.37. The van der Waals surface area contributed by atoms with Crippen LogP contribution in [0.25, 0.3) is 22.4 Å². The van der Waals surface area contributed by atoms with Gasteiger partial charge in [0.1, 0.15) is 54.3 Å². The molecule has 662 valence electrons. The van der Waals surface area contributed by atoms with Crippen molar-refractivity contribution >= 4 is 82.3 Å². The maximum absolute atomic E-state index is 15.7. The molecule has 3 heterocycles. The number of nitrogens with zero attached hydrogens (tertiary/aromatic N) is 7. The smallest absolute Gasteiger partial charge is 0.430 e. The highest BCUT2D eigenvalue weighted by Crippen LogP contribution is 2.45. The molecule has 0 unspecified atom stereocenters. The Morgan fingerprint density at radius 1 is 0.726 bits per heavy atom. The average molecular weight is 1730 g/mol. The summed E-state index contributed by atoms with van der Waals surface area (Å²) >= 11 is 6.87. The molecule has 2 aromatic heterocycles.